The molecule has 1 saturated heterocycles. The van der Waals surface area contributed by atoms with Gasteiger partial charge in [-0.05, 0) is 130 Å². The lowest BCUT2D eigenvalue weighted by atomic mass is 9.74. The fourth-order valence-corrected chi connectivity index (χ4v) is 6.37. The van der Waals surface area contributed by atoms with Crippen molar-refractivity contribution < 1.29 is 18.8 Å². The average molecular weight is 830 g/mol. The Hall–Kier alpha value is -3.46. The van der Waals surface area contributed by atoms with E-state index in [2.05, 4.69) is 175 Å². The molecule has 1 aliphatic heterocycles. The van der Waals surface area contributed by atoms with E-state index in [9.17, 15) is 0 Å². The van der Waals surface area contributed by atoms with E-state index >= 15 is 0 Å². The van der Waals surface area contributed by atoms with Gasteiger partial charge in [0.15, 0.2) is 0 Å². The maximum Gasteiger partial charge on any atom is 0.498 e. The molecule has 0 unspecified atom stereocenters. The maximum absolute atomic E-state index is 6.29. The van der Waals surface area contributed by atoms with Crippen molar-refractivity contribution in [1.82, 2.24) is 0 Å². The molecule has 0 spiro atoms. The monoisotopic (exact) mass is 828 g/mol. The van der Waals surface area contributed by atoms with Crippen LogP contribution in [0.3, 0.4) is 0 Å². The summed E-state index contributed by atoms with van der Waals surface area (Å²) in [6.07, 6.45) is 0. The summed E-state index contributed by atoms with van der Waals surface area (Å²) in [5, 5.41) is 0. The molecule has 1 fully saturated rings. The Balaban J connectivity index is 0.000000236. The molecule has 0 aromatic heterocycles. The van der Waals surface area contributed by atoms with E-state index in [1.807, 2.05) is 24.3 Å². The number of ether oxygens (including phenoxy) is 2. The van der Waals surface area contributed by atoms with Crippen LogP contribution < -0.4 is 26.4 Å². The second-order valence-electron chi connectivity index (χ2n) is 20.0. The van der Waals surface area contributed by atoms with Crippen molar-refractivity contribution >= 4 is 39.9 Å². The summed E-state index contributed by atoms with van der Waals surface area (Å²) in [6, 6.07) is 25.0. The smallest absolute Gasteiger partial charge is 0.497 e. The highest BCUT2D eigenvalue weighted by Crippen LogP contribution is 2.40. The van der Waals surface area contributed by atoms with Crippen molar-refractivity contribution in [2.45, 2.75) is 144 Å². The van der Waals surface area contributed by atoms with Crippen LogP contribution in [0.15, 0.2) is 77.3 Å². The number of nitrogen functional groups attached to an aromatic ring is 2. The first-order valence-electron chi connectivity index (χ1n) is 19.6. The topological polar surface area (TPSA) is 89.0 Å². The molecule has 0 amide bonds. The lowest BCUT2D eigenvalue weighted by Crippen LogP contribution is -2.41. The zero-order chi connectivity index (χ0) is 42.8. The van der Waals surface area contributed by atoms with E-state index in [4.69, 9.17) is 30.2 Å². The molecule has 0 radical (unpaired) electrons. The fraction of sp³-hybridized carbons (Fsp3) is 0.500. The van der Waals surface area contributed by atoms with Crippen molar-refractivity contribution in [2.75, 3.05) is 25.7 Å². The average Bonchev–Trinajstić information content (AvgIpc) is 3.30. The Bertz CT molecular complexity index is 1940. The first-order chi connectivity index (χ1) is 25.4. The van der Waals surface area contributed by atoms with Gasteiger partial charge in [0.05, 0.1) is 25.4 Å². The predicted molar refractivity (Wildman–Crippen MR) is 245 cm³/mol. The first-order valence-corrected chi connectivity index (χ1v) is 20.4. The van der Waals surface area contributed by atoms with Gasteiger partial charge in [0.25, 0.3) is 0 Å². The Labute approximate surface area is 348 Å². The van der Waals surface area contributed by atoms with Crippen LogP contribution in [0.1, 0.15) is 133 Å². The maximum atomic E-state index is 6.29. The Morgan fingerprint density at radius 1 is 0.500 bits per heavy atom. The van der Waals surface area contributed by atoms with Crippen molar-refractivity contribution in [1.29, 1.82) is 0 Å². The molecule has 1 aliphatic rings. The fourth-order valence-electron chi connectivity index (χ4n) is 5.99. The molecule has 306 valence electrons. The third-order valence-corrected chi connectivity index (χ3v) is 11.4. The molecular weight excluding hydrogens is 759 g/mol. The third-order valence-electron chi connectivity index (χ3n) is 10.7. The van der Waals surface area contributed by atoms with Crippen LogP contribution in [0, 0.1) is 0 Å². The summed E-state index contributed by atoms with van der Waals surface area (Å²) in [7, 11) is 2.99. The first kappa shape index (κ1) is 46.9. The summed E-state index contributed by atoms with van der Waals surface area (Å²) in [6.45, 7) is 34.7. The summed E-state index contributed by atoms with van der Waals surface area (Å²) in [5.41, 5.74) is 21.4. The molecule has 0 bridgehead atoms. The summed E-state index contributed by atoms with van der Waals surface area (Å²) >= 11 is 3.41. The van der Waals surface area contributed by atoms with Gasteiger partial charge in [-0.15, -0.1) is 0 Å². The van der Waals surface area contributed by atoms with Crippen LogP contribution in [0.4, 0.5) is 11.4 Å². The largest absolute Gasteiger partial charge is 0.498 e. The number of hydrogen-bond donors (Lipinski definition) is 2. The van der Waals surface area contributed by atoms with Crippen LogP contribution in [-0.4, -0.2) is 32.5 Å². The molecule has 5 rings (SSSR count). The molecule has 0 atom stereocenters. The van der Waals surface area contributed by atoms with E-state index in [0.717, 1.165) is 43.9 Å². The van der Waals surface area contributed by atoms with Crippen LogP contribution in [0.5, 0.6) is 11.5 Å². The van der Waals surface area contributed by atoms with Crippen LogP contribution in [0.25, 0.3) is 11.1 Å². The SMILES string of the molecule is CC(C)(C)c1ccc(N)c(Br)c1.COc1ccc(C(C)(C)C)cc1-c1cc(C(C)(C)C)ccc1N.COc1ccc(C(C)(C)C)cc1B1OC(C)(C)C(C)(C)O1. The predicted octanol–water partition coefficient (Wildman–Crippen LogP) is 12.2. The minimum Gasteiger partial charge on any atom is -0.497 e. The van der Waals surface area contributed by atoms with E-state index in [-0.39, 0.29) is 32.9 Å². The van der Waals surface area contributed by atoms with E-state index in [1.165, 1.54) is 22.3 Å². The van der Waals surface area contributed by atoms with Crippen LogP contribution >= 0.6 is 15.9 Å². The van der Waals surface area contributed by atoms with Gasteiger partial charge in [-0.3, -0.25) is 0 Å². The van der Waals surface area contributed by atoms with Gasteiger partial charge in [-0.1, -0.05) is 113 Å². The van der Waals surface area contributed by atoms with E-state index in [1.54, 1.807) is 14.2 Å². The number of rotatable bonds is 4. The Kier molecular flexibility index (Phi) is 14.4. The van der Waals surface area contributed by atoms with Crippen LogP contribution in [-0.2, 0) is 31.0 Å². The number of anilines is 2. The molecule has 4 N–H and O–H groups in total. The standard InChI is InChI=1S/C21H29NO.C17H27BO3.C10H14BrN/c1-20(2,3)14-8-10-18(22)16(12-14)17-13-15(21(4,5)6)9-11-19(17)23-7;1-15(2,3)12-9-10-14(19-8)13(11-12)18-20-16(4,5)17(6,7)21-18;1-10(2,3)7-4-5-9(12)8(11)6-7/h8-13H,22H2,1-7H3;9-11H,1-8H3;4-6H,12H2,1-3H3. The highest BCUT2D eigenvalue weighted by atomic mass is 79.9. The van der Waals surface area contributed by atoms with Gasteiger partial charge in [-0.25, -0.2) is 0 Å². The van der Waals surface area contributed by atoms with Gasteiger partial charge in [-0.2, -0.15) is 0 Å². The minimum atomic E-state index is -0.396. The van der Waals surface area contributed by atoms with Crippen molar-refractivity contribution in [3.8, 4) is 22.6 Å². The number of benzene rings is 4. The van der Waals surface area contributed by atoms with Gasteiger partial charge < -0.3 is 30.2 Å². The molecule has 4 aromatic rings. The second-order valence-corrected chi connectivity index (χ2v) is 20.9. The highest BCUT2D eigenvalue weighted by molar-refractivity contribution is 9.10. The molecule has 0 saturated carbocycles. The molecule has 1 heterocycles. The van der Waals surface area contributed by atoms with Crippen molar-refractivity contribution in [3.05, 3.63) is 99.5 Å². The summed E-state index contributed by atoms with van der Waals surface area (Å²) in [5.74, 6) is 1.66. The van der Waals surface area contributed by atoms with Gasteiger partial charge in [0.1, 0.15) is 11.5 Å². The molecule has 6 nitrogen and oxygen atoms in total. The van der Waals surface area contributed by atoms with Gasteiger partial charge in [0.2, 0.25) is 0 Å². The molecular formula is C48H70BBrN2O4. The Morgan fingerprint density at radius 3 is 1.27 bits per heavy atom. The molecule has 8 heteroatoms. The van der Waals surface area contributed by atoms with Crippen molar-refractivity contribution in [3.63, 3.8) is 0 Å². The number of nitrogens with two attached hydrogens (primary N) is 2. The Morgan fingerprint density at radius 2 is 0.857 bits per heavy atom. The summed E-state index contributed by atoms with van der Waals surface area (Å²) in [4.78, 5) is 0. The lowest BCUT2D eigenvalue weighted by molar-refractivity contribution is 0.00578. The van der Waals surface area contributed by atoms with Gasteiger partial charge >= 0.3 is 7.12 Å². The summed E-state index contributed by atoms with van der Waals surface area (Å²) < 4.78 is 24.4. The number of halogens is 1. The molecule has 56 heavy (non-hydrogen) atoms. The zero-order valence-corrected chi connectivity index (χ0v) is 39.3. The van der Waals surface area contributed by atoms with Crippen LogP contribution in [0.2, 0.25) is 0 Å². The minimum absolute atomic E-state index is 0.0741. The number of methoxy groups -OCH3 is 2. The van der Waals surface area contributed by atoms with Crippen molar-refractivity contribution in [2.24, 2.45) is 0 Å². The normalized spacial score (nSPS) is 15.3. The molecule has 4 aromatic carbocycles. The molecule has 0 aliphatic carbocycles. The number of hydrogen-bond acceptors (Lipinski definition) is 6. The van der Waals surface area contributed by atoms with Gasteiger partial charge in [0, 0.05) is 32.4 Å². The third kappa shape index (κ3) is 11.6. The van der Waals surface area contributed by atoms with E-state index in [0.29, 0.717) is 0 Å². The lowest BCUT2D eigenvalue weighted by Gasteiger charge is -2.32. The zero-order valence-electron chi connectivity index (χ0n) is 37.7. The second kappa shape index (κ2) is 17.2. The highest BCUT2D eigenvalue weighted by Gasteiger charge is 2.52. The van der Waals surface area contributed by atoms with E-state index < -0.39 is 7.12 Å². The quantitative estimate of drug-likeness (QED) is 0.157.